The molecule has 0 saturated heterocycles. The van der Waals surface area contributed by atoms with Crippen LogP contribution in [0.3, 0.4) is 0 Å². The van der Waals surface area contributed by atoms with Crippen LogP contribution in [0.4, 0.5) is 0 Å². The molecule has 1 rings (SSSR count). The zero-order valence-electron chi connectivity index (χ0n) is 14.3. The number of rotatable bonds is 7. The van der Waals surface area contributed by atoms with Crippen molar-refractivity contribution in [2.45, 2.75) is 41.0 Å². The van der Waals surface area contributed by atoms with Crippen LogP contribution < -0.4 is 10.1 Å². The average Bonchev–Trinajstić information content (AvgIpc) is 2.36. The van der Waals surface area contributed by atoms with Crippen LogP contribution in [0.15, 0.2) is 18.2 Å². The minimum absolute atomic E-state index is 0.233. The summed E-state index contributed by atoms with van der Waals surface area (Å²) in [6.07, 6.45) is 0.971. The maximum Gasteiger partial charge on any atom is 0.122 e. The summed E-state index contributed by atoms with van der Waals surface area (Å²) in [6.45, 7) is 13.4. The highest BCUT2D eigenvalue weighted by atomic mass is 35.5. The fraction of sp³-hybridized carbons (Fsp3) is 0.667. The third kappa shape index (κ3) is 6.27. The summed E-state index contributed by atoms with van der Waals surface area (Å²) in [6, 6.07) is 5.87. The topological polar surface area (TPSA) is 21.3 Å². The Kier molecular flexibility index (Phi) is 7.02. The van der Waals surface area contributed by atoms with Crippen LogP contribution in [0, 0.1) is 17.3 Å². The summed E-state index contributed by atoms with van der Waals surface area (Å²) in [5.41, 5.74) is 1.42. The summed E-state index contributed by atoms with van der Waals surface area (Å²) in [5, 5.41) is 4.36. The van der Waals surface area contributed by atoms with Crippen molar-refractivity contribution >= 4 is 11.6 Å². The maximum atomic E-state index is 6.15. The molecule has 1 unspecified atom stereocenters. The molecule has 0 saturated carbocycles. The largest absolute Gasteiger partial charge is 0.496 e. The first-order valence-electron chi connectivity index (χ1n) is 7.77. The number of nitrogens with one attached hydrogen (secondary N) is 1. The van der Waals surface area contributed by atoms with Gasteiger partial charge in [-0.05, 0) is 60.5 Å². The van der Waals surface area contributed by atoms with Gasteiger partial charge in [-0.3, -0.25) is 0 Å². The van der Waals surface area contributed by atoms with E-state index in [-0.39, 0.29) is 5.41 Å². The molecule has 3 heteroatoms. The lowest BCUT2D eigenvalue weighted by Crippen LogP contribution is -2.35. The van der Waals surface area contributed by atoms with Gasteiger partial charge in [0.2, 0.25) is 0 Å². The smallest absolute Gasteiger partial charge is 0.122 e. The van der Waals surface area contributed by atoms with Gasteiger partial charge >= 0.3 is 0 Å². The fourth-order valence-corrected chi connectivity index (χ4v) is 2.60. The predicted molar refractivity (Wildman–Crippen MR) is 92.4 cm³/mol. The van der Waals surface area contributed by atoms with E-state index in [1.165, 1.54) is 5.56 Å². The van der Waals surface area contributed by atoms with Crippen molar-refractivity contribution in [1.82, 2.24) is 5.32 Å². The first-order valence-corrected chi connectivity index (χ1v) is 8.15. The molecule has 1 aromatic carbocycles. The zero-order valence-corrected chi connectivity index (χ0v) is 15.1. The van der Waals surface area contributed by atoms with E-state index in [2.05, 4.69) is 39.9 Å². The third-order valence-electron chi connectivity index (χ3n) is 3.88. The lowest BCUT2D eigenvalue weighted by atomic mass is 9.77. The average molecular weight is 312 g/mol. The first kappa shape index (κ1) is 18.3. The Morgan fingerprint density at radius 2 is 1.86 bits per heavy atom. The minimum atomic E-state index is 0.233. The van der Waals surface area contributed by atoms with Gasteiger partial charge < -0.3 is 10.1 Å². The van der Waals surface area contributed by atoms with E-state index in [1.807, 2.05) is 18.2 Å². The first-order chi connectivity index (χ1) is 9.74. The molecule has 2 nitrogen and oxygen atoms in total. The molecule has 0 bridgehead atoms. The second kappa shape index (κ2) is 8.05. The van der Waals surface area contributed by atoms with E-state index in [0.29, 0.717) is 11.8 Å². The minimum Gasteiger partial charge on any atom is -0.496 e. The molecule has 21 heavy (non-hydrogen) atoms. The van der Waals surface area contributed by atoms with Crippen LogP contribution in [-0.4, -0.2) is 20.2 Å². The number of methoxy groups -OCH3 is 1. The molecule has 0 heterocycles. The highest BCUT2D eigenvalue weighted by Crippen LogP contribution is 2.32. The SMILES string of the molecule is COc1ccc(Cl)cc1CC(CNCC(C)C)C(C)(C)C. The van der Waals surface area contributed by atoms with Crippen molar-refractivity contribution in [3.8, 4) is 5.75 Å². The zero-order chi connectivity index (χ0) is 16.0. The second-order valence-electron chi connectivity index (χ2n) is 7.28. The number of halogens is 1. The fourth-order valence-electron chi connectivity index (χ4n) is 2.40. The summed E-state index contributed by atoms with van der Waals surface area (Å²) in [7, 11) is 1.72. The maximum absolute atomic E-state index is 6.15. The van der Waals surface area contributed by atoms with Crippen molar-refractivity contribution in [3.05, 3.63) is 28.8 Å². The Hall–Kier alpha value is -0.730. The van der Waals surface area contributed by atoms with Gasteiger partial charge in [-0.25, -0.2) is 0 Å². The van der Waals surface area contributed by atoms with Crippen LogP contribution in [0.2, 0.25) is 5.02 Å². The standard InChI is InChI=1S/C18H30ClNO/c1-13(2)11-20-12-15(18(3,4)5)9-14-10-16(19)7-8-17(14)21-6/h7-8,10,13,15,20H,9,11-12H2,1-6H3. The van der Waals surface area contributed by atoms with Gasteiger partial charge in [0, 0.05) is 5.02 Å². The van der Waals surface area contributed by atoms with Crippen molar-refractivity contribution in [2.75, 3.05) is 20.2 Å². The van der Waals surface area contributed by atoms with Gasteiger partial charge in [-0.15, -0.1) is 0 Å². The van der Waals surface area contributed by atoms with E-state index < -0.39 is 0 Å². The number of hydrogen-bond acceptors (Lipinski definition) is 2. The summed E-state index contributed by atoms with van der Waals surface area (Å²) in [5.74, 6) is 2.13. The van der Waals surface area contributed by atoms with E-state index in [1.54, 1.807) is 7.11 Å². The van der Waals surface area contributed by atoms with Crippen LogP contribution in [0.1, 0.15) is 40.2 Å². The Balaban J connectivity index is 2.83. The molecule has 120 valence electrons. The van der Waals surface area contributed by atoms with Gasteiger partial charge in [-0.1, -0.05) is 46.2 Å². The van der Waals surface area contributed by atoms with Crippen molar-refractivity contribution < 1.29 is 4.74 Å². The molecule has 0 fully saturated rings. The van der Waals surface area contributed by atoms with Crippen molar-refractivity contribution in [2.24, 2.45) is 17.3 Å². The highest BCUT2D eigenvalue weighted by Gasteiger charge is 2.25. The Labute approximate surface area is 135 Å². The number of benzene rings is 1. The summed E-state index contributed by atoms with van der Waals surface area (Å²) in [4.78, 5) is 0. The lowest BCUT2D eigenvalue weighted by molar-refractivity contribution is 0.227. The van der Waals surface area contributed by atoms with Crippen LogP contribution in [0.25, 0.3) is 0 Å². The van der Waals surface area contributed by atoms with Gasteiger partial charge in [0.1, 0.15) is 5.75 Å². The third-order valence-corrected chi connectivity index (χ3v) is 4.11. The molecule has 1 N–H and O–H groups in total. The molecule has 1 atom stereocenters. The van der Waals surface area contributed by atoms with E-state index in [0.717, 1.165) is 30.3 Å². The second-order valence-corrected chi connectivity index (χ2v) is 7.71. The molecule has 0 aliphatic carbocycles. The van der Waals surface area contributed by atoms with Crippen molar-refractivity contribution in [3.63, 3.8) is 0 Å². The van der Waals surface area contributed by atoms with Crippen LogP contribution in [-0.2, 0) is 6.42 Å². The van der Waals surface area contributed by atoms with Gasteiger partial charge in [0.25, 0.3) is 0 Å². The Bertz CT molecular complexity index is 437. The van der Waals surface area contributed by atoms with Gasteiger partial charge in [0.15, 0.2) is 0 Å². The monoisotopic (exact) mass is 311 g/mol. The summed E-state index contributed by atoms with van der Waals surface area (Å²) < 4.78 is 5.48. The van der Waals surface area contributed by atoms with Crippen LogP contribution >= 0.6 is 11.6 Å². The van der Waals surface area contributed by atoms with Crippen molar-refractivity contribution in [1.29, 1.82) is 0 Å². The van der Waals surface area contributed by atoms with E-state index in [4.69, 9.17) is 16.3 Å². The molecule has 0 aromatic heterocycles. The van der Waals surface area contributed by atoms with Gasteiger partial charge in [-0.2, -0.15) is 0 Å². The quantitative estimate of drug-likeness (QED) is 0.781. The molecular formula is C18H30ClNO. The molecule has 0 aliphatic heterocycles. The molecule has 0 spiro atoms. The molecule has 1 aromatic rings. The Morgan fingerprint density at radius 3 is 2.38 bits per heavy atom. The van der Waals surface area contributed by atoms with E-state index in [9.17, 15) is 0 Å². The predicted octanol–water partition coefficient (Wildman–Crippen LogP) is 4.80. The van der Waals surface area contributed by atoms with E-state index >= 15 is 0 Å². The molecule has 0 radical (unpaired) electrons. The number of ether oxygens (including phenoxy) is 1. The van der Waals surface area contributed by atoms with Crippen LogP contribution in [0.5, 0.6) is 5.75 Å². The molecule has 0 aliphatic rings. The molecular weight excluding hydrogens is 282 g/mol. The normalized spacial score (nSPS) is 13.5. The van der Waals surface area contributed by atoms with Gasteiger partial charge in [0.05, 0.1) is 7.11 Å². The molecule has 0 amide bonds. The highest BCUT2D eigenvalue weighted by molar-refractivity contribution is 6.30. The number of hydrogen-bond donors (Lipinski definition) is 1. The lowest BCUT2D eigenvalue weighted by Gasteiger charge is -2.32. The Morgan fingerprint density at radius 1 is 1.19 bits per heavy atom. The summed E-state index contributed by atoms with van der Waals surface area (Å²) >= 11 is 6.15.